The van der Waals surface area contributed by atoms with E-state index in [9.17, 15) is 8.42 Å². The lowest BCUT2D eigenvalue weighted by Gasteiger charge is -2.21. The van der Waals surface area contributed by atoms with E-state index in [-0.39, 0.29) is 16.0 Å². The predicted molar refractivity (Wildman–Crippen MR) is 79.3 cm³/mol. The Morgan fingerprint density at radius 1 is 1.40 bits per heavy atom. The number of hydrogen-bond acceptors (Lipinski definition) is 4. The Morgan fingerprint density at radius 2 is 2.20 bits per heavy atom. The molecule has 0 atom stereocenters. The summed E-state index contributed by atoms with van der Waals surface area (Å²) in [5.41, 5.74) is 0. The SMILES string of the molecule is O=S(=O)(c1cnccc1Cl)N(Cc1cccs1)C1CC1. The van der Waals surface area contributed by atoms with Gasteiger partial charge < -0.3 is 0 Å². The minimum Gasteiger partial charge on any atom is -0.263 e. The van der Waals surface area contributed by atoms with Gasteiger partial charge in [-0.15, -0.1) is 11.3 Å². The van der Waals surface area contributed by atoms with Gasteiger partial charge in [-0.25, -0.2) is 8.42 Å². The average molecular weight is 329 g/mol. The van der Waals surface area contributed by atoms with Gasteiger partial charge >= 0.3 is 0 Å². The van der Waals surface area contributed by atoms with Crippen molar-refractivity contribution in [3.63, 3.8) is 0 Å². The summed E-state index contributed by atoms with van der Waals surface area (Å²) >= 11 is 7.57. The van der Waals surface area contributed by atoms with E-state index in [2.05, 4.69) is 4.98 Å². The second kappa shape index (κ2) is 5.44. The summed E-state index contributed by atoms with van der Waals surface area (Å²) in [6.07, 6.45) is 4.62. The molecule has 1 aliphatic carbocycles. The fourth-order valence-electron chi connectivity index (χ4n) is 2.01. The first-order chi connectivity index (χ1) is 9.59. The van der Waals surface area contributed by atoms with Crippen LogP contribution in [0.25, 0.3) is 0 Å². The van der Waals surface area contributed by atoms with Crippen LogP contribution < -0.4 is 0 Å². The molecule has 2 heterocycles. The molecule has 1 fully saturated rings. The molecule has 0 amide bonds. The summed E-state index contributed by atoms with van der Waals surface area (Å²) in [5.74, 6) is 0. The second-order valence-corrected chi connectivity index (χ2v) is 7.97. The van der Waals surface area contributed by atoms with Gasteiger partial charge in [-0.05, 0) is 30.4 Å². The van der Waals surface area contributed by atoms with Crippen LogP contribution >= 0.6 is 22.9 Å². The van der Waals surface area contributed by atoms with Crippen LogP contribution in [0.15, 0.2) is 40.9 Å². The molecule has 1 aliphatic rings. The molecule has 4 nitrogen and oxygen atoms in total. The first kappa shape index (κ1) is 14.0. The maximum Gasteiger partial charge on any atom is 0.246 e. The summed E-state index contributed by atoms with van der Waals surface area (Å²) in [5, 5.41) is 2.17. The molecule has 0 spiro atoms. The third-order valence-corrected chi connectivity index (χ3v) is 6.40. The fourth-order valence-corrected chi connectivity index (χ4v) is 4.86. The highest BCUT2D eigenvalue weighted by Crippen LogP contribution is 2.35. The van der Waals surface area contributed by atoms with E-state index in [1.807, 2.05) is 17.5 Å². The average Bonchev–Trinajstić information content (AvgIpc) is 3.12. The molecule has 0 saturated heterocycles. The second-order valence-electron chi connectivity index (χ2n) is 4.67. The van der Waals surface area contributed by atoms with E-state index in [0.717, 1.165) is 17.7 Å². The highest BCUT2D eigenvalue weighted by atomic mass is 35.5. The van der Waals surface area contributed by atoms with Crippen LogP contribution in [0.5, 0.6) is 0 Å². The number of thiophene rings is 1. The number of hydrogen-bond donors (Lipinski definition) is 0. The van der Waals surface area contributed by atoms with Gasteiger partial charge in [0.1, 0.15) is 4.90 Å². The lowest BCUT2D eigenvalue weighted by molar-refractivity contribution is 0.401. The summed E-state index contributed by atoms with van der Waals surface area (Å²) in [6.45, 7) is 0.399. The molecule has 1 saturated carbocycles. The molecule has 0 aliphatic heterocycles. The standard InChI is InChI=1S/C13H13ClN2O2S2/c14-12-5-6-15-8-13(12)20(17,18)16(10-3-4-10)9-11-2-1-7-19-11/h1-2,5-8,10H,3-4,9H2. The molecule has 106 valence electrons. The van der Waals surface area contributed by atoms with Crippen LogP contribution in [0.2, 0.25) is 5.02 Å². The Bertz CT molecular complexity index is 697. The zero-order chi connectivity index (χ0) is 14.2. The highest BCUT2D eigenvalue weighted by Gasteiger charge is 2.39. The summed E-state index contributed by atoms with van der Waals surface area (Å²) in [7, 11) is -3.60. The Labute approximate surface area is 127 Å². The normalized spacial score (nSPS) is 15.7. The smallest absolute Gasteiger partial charge is 0.246 e. The topological polar surface area (TPSA) is 50.3 Å². The number of halogens is 1. The predicted octanol–water partition coefficient (Wildman–Crippen LogP) is 3.15. The van der Waals surface area contributed by atoms with Gasteiger partial charge in [-0.1, -0.05) is 17.7 Å². The van der Waals surface area contributed by atoms with E-state index in [4.69, 9.17) is 11.6 Å². The van der Waals surface area contributed by atoms with Gasteiger partial charge in [0.2, 0.25) is 10.0 Å². The first-order valence-electron chi connectivity index (χ1n) is 6.23. The van der Waals surface area contributed by atoms with Crippen LogP contribution in [-0.2, 0) is 16.6 Å². The molecule has 0 radical (unpaired) electrons. The Morgan fingerprint density at radius 3 is 2.80 bits per heavy atom. The Kier molecular flexibility index (Phi) is 3.81. The third kappa shape index (κ3) is 2.74. The molecule has 2 aromatic rings. The molecule has 2 aromatic heterocycles. The van der Waals surface area contributed by atoms with Crippen molar-refractivity contribution >= 4 is 33.0 Å². The van der Waals surface area contributed by atoms with Gasteiger partial charge in [0.15, 0.2) is 0 Å². The zero-order valence-corrected chi connectivity index (χ0v) is 13.0. The minimum atomic E-state index is -3.60. The summed E-state index contributed by atoms with van der Waals surface area (Å²) in [4.78, 5) is 5.00. The molecule has 3 rings (SSSR count). The van der Waals surface area contributed by atoms with Crippen molar-refractivity contribution in [3.8, 4) is 0 Å². The van der Waals surface area contributed by atoms with E-state index in [1.54, 1.807) is 15.6 Å². The van der Waals surface area contributed by atoms with E-state index in [1.165, 1.54) is 18.5 Å². The van der Waals surface area contributed by atoms with Crippen LogP contribution in [0.4, 0.5) is 0 Å². The number of pyridine rings is 1. The lowest BCUT2D eigenvalue weighted by atomic mass is 10.4. The minimum absolute atomic E-state index is 0.0818. The zero-order valence-electron chi connectivity index (χ0n) is 10.6. The van der Waals surface area contributed by atoms with Crippen LogP contribution in [0.1, 0.15) is 17.7 Å². The van der Waals surface area contributed by atoms with Crippen molar-refractivity contribution in [3.05, 3.63) is 45.9 Å². The summed E-state index contributed by atoms with van der Waals surface area (Å²) in [6, 6.07) is 5.46. The number of nitrogens with zero attached hydrogens (tertiary/aromatic N) is 2. The third-order valence-electron chi connectivity index (χ3n) is 3.17. The summed E-state index contributed by atoms with van der Waals surface area (Å²) < 4.78 is 27.1. The van der Waals surface area contributed by atoms with E-state index < -0.39 is 10.0 Å². The van der Waals surface area contributed by atoms with Crippen LogP contribution in [0, 0.1) is 0 Å². The molecule has 0 aromatic carbocycles. The maximum atomic E-state index is 12.8. The van der Waals surface area contributed by atoms with Crippen molar-refractivity contribution in [1.82, 2.24) is 9.29 Å². The maximum absolute atomic E-state index is 12.8. The van der Waals surface area contributed by atoms with Crippen molar-refractivity contribution in [2.45, 2.75) is 30.3 Å². The van der Waals surface area contributed by atoms with Gasteiger partial charge in [-0.2, -0.15) is 4.31 Å². The molecule has 20 heavy (non-hydrogen) atoms. The molecular formula is C13H13ClN2O2S2. The number of sulfonamides is 1. The fraction of sp³-hybridized carbons (Fsp3) is 0.308. The highest BCUT2D eigenvalue weighted by molar-refractivity contribution is 7.89. The molecular weight excluding hydrogens is 316 g/mol. The molecule has 0 bridgehead atoms. The monoisotopic (exact) mass is 328 g/mol. The van der Waals surface area contributed by atoms with Crippen LogP contribution in [0.3, 0.4) is 0 Å². The van der Waals surface area contributed by atoms with Gasteiger partial charge in [0.05, 0.1) is 5.02 Å². The van der Waals surface area contributed by atoms with E-state index in [0.29, 0.717) is 6.54 Å². The van der Waals surface area contributed by atoms with Crippen molar-refractivity contribution in [2.75, 3.05) is 0 Å². The van der Waals surface area contributed by atoms with Gasteiger partial charge in [-0.3, -0.25) is 4.98 Å². The quantitative estimate of drug-likeness (QED) is 0.847. The van der Waals surface area contributed by atoms with Crippen molar-refractivity contribution in [1.29, 1.82) is 0 Å². The molecule has 7 heteroatoms. The Hall–Kier alpha value is -0.950. The Balaban J connectivity index is 1.96. The van der Waals surface area contributed by atoms with Gasteiger partial charge in [0, 0.05) is 29.9 Å². The largest absolute Gasteiger partial charge is 0.263 e. The van der Waals surface area contributed by atoms with Crippen molar-refractivity contribution < 1.29 is 8.42 Å². The van der Waals surface area contributed by atoms with E-state index >= 15 is 0 Å². The first-order valence-corrected chi connectivity index (χ1v) is 8.92. The van der Waals surface area contributed by atoms with Gasteiger partial charge in [0.25, 0.3) is 0 Å². The lowest BCUT2D eigenvalue weighted by Crippen LogP contribution is -2.32. The van der Waals surface area contributed by atoms with Crippen molar-refractivity contribution in [2.24, 2.45) is 0 Å². The number of rotatable bonds is 5. The number of aromatic nitrogens is 1. The van der Waals surface area contributed by atoms with Crippen LogP contribution in [-0.4, -0.2) is 23.7 Å². The molecule has 0 N–H and O–H groups in total. The molecule has 0 unspecified atom stereocenters.